The fraction of sp³-hybridized carbons (Fsp3) is 0.727. The van der Waals surface area contributed by atoms with Crippen molar-refractivity contribution in [2.75, 3.05) is 12.4 Å². The van der Waals surface area contributed by atoms with Crippen molar-refractivity contribution in [2.45, 2.75) is 25.1 Å². The van der Waals surface area contributed by atoms with Crippen LogP contribution in [0.3, 0.4) is 0 Å². The summed E-state index contributed by atoms with van der Waals surface area (Å²) in [4.78, 5) is 0. The molecule has 0 saturated carbocycles. The van der Waals surface area contributed by atoms with E-state index in [1.165, 1.54) is 0 Å². The van der Waals surface area contributed by atoms with Gasteiger partial charge >= 0.3 is 0 Å². The van der Waals surface area contributed by atoms with Gasteiger partial charge in [0.15, 0.2) is 0 Å². The van der Waals surface area contributed by atoms with Gasteiger partial charge in [0.05, 0.1) is 6.20 Å². The van der Waals surface area contributed by atoms with Gasteiger partial charge in [0.1, 0.15) is 0 Å². The molecule has 0 saturated heterocycles. The summed E-state index contributed by atoms with van der Waals surface area (Å²) in [5.41, 5.74) is 7.15. The summed E-state index contributed by atoms with van der Waals surface area (Å²) in [6.45, 7) is 4.27. The van der Waals surface area contributed by atoms with Crippen LogP contribution in [0.25, 0.3) is 0 Å². The fourth-order valence-electron chi connectivity index (χ4n) is 1.46. The summed E-state index contributed by atoms with van der Waals surface area (Å²) in [5.74, 6) is 1.22. The molecule has 3 unspecified atom stereocenters. The van der Waals surface area contributed by atoms with Crippen LogP contribution in [-0.4, -0.2) is 33.3 Å². The Hall–Kier alpha value is -0.520. The van der Waals surface area contributed by atoms with Gasteiger partial charge < -0.3 is 10.8 Å². The number of aliphatic hydroxyl groups excluding tert-OH is 1. The molecule has 0 bridgehead atoms. The van der Waals surface area contributed by atoms with Gasteiger partial charge in [-0.15, -0.1) is 0 Å². The number of nitrogens with two attached hydrogens (primary N) is 1. The van der Waals surface area contributed by atoms with Crippen molar-refractivity contribution < 1.29 is 5.11 Å². The number of rotatable bonds is 6. The maximum absolute atomic E-state index is 9.00. The van der Waals surface area contributed by atoms with Crippen LogP contribution in [0.4, 0.5) is 0 Å². The normalized spacial score (nSPS) is 17.1. The third kappa shape index (κ3) is 3.81. The average Bonchev–Trinajstić information content (AvgIpc) is 2.64. The smallest absolute Gasteiger partial charge is 0.0533 e. The summed E-state index contributed by atoms with van der Waals surface area (Å²) in [5, 5.41) is 13.4. The molecule has 0 aliphatic carbocycles. The molecule has 0 aliphatic heterocycles. The number of thioether (sulfide) groups is 1. The SMILES string of the molecule is CC(CO)CSC(c1cnn(C)c1)C(C)N. The zero-order valence-corrected chi connectivity index (χ0v) is 10.9. The maximum atomic E-state index is 9.00. The molecule has 0 aromatic carbocycles. The van der Waals surface area contributed by atoms with Crippen molar-refractivity contribution in [3.05, 3.63) is 18.0 Å². The van der Waals surface area contributed by atoms with Crippen molar-refractivity contribution in [3.63, 3.8) is 0 Å². The molecule has 3 atom stereocenters. The Bertz CT molecular complexity index is 314. The lowest BCUT2D eigenvalue weighted by atomic mass is 10.1. The number of aryl methyl sites for hydroxylation is 1. The fourth-order valence-corrected chi connectivity index (χ4v) is 2.72. The van der Waals surface area contributed by atoms with E-state index in [0.717, 1.165) is 11.3 Å². The average molecular weight is 243 g/mol. The Morgan fingerprint density at radius 2 is 2.25 bits per heavy atom. The highest BCUT2D eigenvalue weighted by atomic mass is 32.2. The Kier molecular flexibility index (Phi) is 5.31. The zero-order chi connectivity index (χ0) is 12.1. The number of nitrogens with zero attached hydrogens (tertiary/aromatic N) is 2. The molecule has 92 valence electrons. The molecule has 0 spiro atoms. The van der Waals surface area contributed by atoms with Crippen molar-refractivity contribution in [1.29, 1.82) is 0 Å². The first-order valence-electron chi connectivity index (χ1n) is 5.51. The Balaban J connectivity index is 2.61. The molecular formula is C11H21N3OS. The monoisotopic (exact) mass is 243 g/mol. The summed E-state index contributed by atoms with van der Waals surface area (Å²) in [6, 6.07) is 0.0834. The second-order valence-corrected chi connectivity index (χ2v) is 5.52. The molecule has 1 aromatic heterocycles. The van der Waals surface area contributed by atoms with E-state index in [-0.39, 0.29) is 17.9 Å². The first-order valence-corrected chi connectivity index (χ1v) is 6.56. The third-order valence-corrected chi connectivity index (χ3v) is 4.22. The summed E-state index contributed by atoms with van der Waals surface area (Å²) in [6.07, 6.45) is 3.87. The molecule has 1 aromatic rings. The van der Waals surface area contributed by atoms with Gasteiger partial charge in [-0.25, -0.2) is 0 Å². The zero-order valence-electron chi connectivity index (χ0n) is 10.1. The van der Waals surface area contributed by atoms with Gasteiger partial charge in [-0.2, -0.15) is 16.9 Å². The molecule has 0 fully saturated rings. The van der Waals surface area contributed by atoms with Crippen molar-refractivity contribution in [2.24, 2.45) is 18.7 Å². The summed E-state index contributed by atoms with van der Waals surface area (Å²) < 4.78 is 1.79. The van der Waals surface area contributed by atoms with Crippen LogP contribution in [0.5, 0.6) is 0 Å². The lowest BCUT2D eigenvalue weighted by Gasteiger charge is -2.20. The lowest BCUT2D eigenvalue weighted by molar-refractivity contribution is 0.250. The van der Waals surface area contributed by atoms with E-state index in [9.17, 15) is 0 Å². The topological polar surface area (TPSA) is 64.1 Å². The van der Waals surface area contributed by atoms with E-state index in [1.807, 2.05) is 33.3 Å². The first-order chi connectivity index (χ1) is 7.54. The Morgan fingerprint density at radius 3 is 2.69 bits per heavy atom. The van der Waals surface area contributed by atoms with E-state index in [2.05, 4.69) is 5.10 Å². The highest BCUT2D eigenvalue weighted by Crippen LogP contribution is 2.32. The van der Waals surface area contributed by atoms with E-state index in [4.69, 9.17) is 10.8 Å². The van der Waals surface area contributed by atoms with Crippen LogP contribution in [-0.2, 0) is 7.05 Å². The van der Waals surface area contributed by atoms with E-state index in [1.54, 1.807) is 16.4 Å². The molecule has 0 radical (unpaired) electrons. The minimum absolute atomic E-state index is 0.0834. The molecule has 0 aliphatic rings. The highest BCUT2D eigenvalue weighted by Gasteiger charge is 2.19. The van der Waals surface area contributed by atoms with Crippen LogP contribution in [0.1, 0.15) is 24.7 Å². The van der Waals surface area contributed by atoms with Crippen molar-refractivity contribution in [3.8, 4) is 0 Å². The largest absolute Gasteiger partial charge is 0.396 e. The van der Waals surface area contributed by atoms with Gasteiger partial charge in [0.25, 0.3) is 0 Å². The summed E-state index contributed by atoms with van der Waals surface area (Å²) >= 11 is 1.79. The van der Waals surface area contributed by atoms with Crippen LogP contribution in [0, 0.1) is 5.92 Å². The van der Waals surface area contributed by atoms with E-state index >= 15 is 0 Å². The number of hydrogen-bond donors (Lipinski definition) is 2. The minimum Gasteiger partial charge on any atom is -0.396 e. The van der Waals surface area contributed by atoms with Crippen molar-refractivity contribution in [1.82, 2.24) is 9.78 Å². The number of aromatic nitrogens is 2. The predicted octanol–water partition coefficient (Wildman–Crippen LogP) is 1.17. The molecule has 4 nitrogen and oxygen atoms in total. The predicted molar refractivity (Wildman–Crippen MR) is 68.3 cm³/mol. The van der Waals surface area contributed by atoms with E-state index in [0.29, 0.717) is 5.92 Å². The van der Waals surface area contributed by atoms with Gasteiger partial charge in [-0.05, 0) is 18.6 Å². The van der Waals surface area contributed by atoms with Crippen molar-refractivity contribution >= 4 is 11.8 Å². The van der Waals surface area contributed by atoms with Gasteiger partial charge in [0.2, 0.25) is 0 Å². The molecule has 1 rings (SSSR count). The molecule has 5 heteroatoms. The van der Waals surface area contributed by atoms with Crippen LogP contribution < -0.4 is 5.73 Å². The molecular weight excluding hydrogens is 222 g/mol. The Morgan fingerprint density at radius 1 is 1.56 bits per heavy atom. The lowest BCUT2D eigenvalue weighted by Crippen LogP contribution is -2.23. The van der Waals surface area contributed by atoms with Gasteiger partial charge in [-0.1, -0.05) is 6.92 Å². The quantitative estimate of drug-likeness (QED) is 0.787. The van der Waals surface area contributed by atoms with Crippen LogP contribution in [0.2, 0.25) is 0 Å². The van der Waals surface area contributed by atoms with Crippen LogP contribution in [0.15, 0.2) is 12.4 Å². The Labute approximate surface area is 101 Å². The first kappa shape index (κ1) is 13.5. The summed E-state index contributed by atoms with van der Waals surface area (Å²) in [7, 11) is 1.91. The highest BCUT2D eigenvalue weighted by molar-refractivity contribution is 7.99. The number of aliphatic hydroxyl groups is 1. The molecule has 0 amide bonds. The maximum Gasteiger partial charge on any atom is 0.0533 e. The molecule has 3 N–H and O–H groups in total. The minimum atomic E-state index is 0.0834. The van der Waals surface area contributed by atoms with E-state index < -0.39 is 0 Å². The van der Waals surface area contributed by atoms with Crippen LogP contribution >= 0.6 is 11.8 Å². The van der Waals surface area contributed by atoms with Gasteiger partial charge in [0, 0.05) is 36.7 Å². The second-order valence-electron chi connectivity index (χ2n) is 4.35. The standard InChI is InChI=1S/C11H21N3OS/c1-8(6-15)7-16-11(9(2)12)10-4-13-14(3)5-10/h4-5,8-9,11,15H,6-7,12H2,1-3H3. The molecule has 16 heavy (non-hydrogen) atoms. The number of hydrogen-bond acceptors (Lipinski definition) is 4. The second kappa shape index (κ2) is 6.27. The third-order valence-electron chi connectivity index (χ3n) is 2.40. The van der Waals surface area contributed by atoms with Gasteiger partial charge in [-0.3, -0.25) is 4.68 Å². The molecule has 1 heterocycles.